The van der Waals surface area contributed by atoms with E-state index in [9.17, 15) is 4.79 Å². The number of carbonyl (C=O) groups is 1. The molecule has 0 amide bonds. The summed E-state index contributed by atoms with van der Waals surface area (Å²) in [5.74, 6) is 0.153. The topological polar surface area (TPSA) is 69.9 Å². The zero-order valence-electron chi connectivity index (χ0n) is 25.0. The third-order valence-corrected chi connectivity index (χ3v) is 8.18. The lowest BCUT2D eigenvalue weighted by Gasteiger charge is -2.36. The van der Waals surface area contributed by atoms with Gasteiger partial charge in [-0.25, -0.2) is 9.48 Å². The third kappa shape index (κ3) is 5.26. The van der Waals surface area contributed by atoms with E-state index in [1.165, 1.54) is 0 Å². The summed E-state index contributed by atoms with van der Waals surface area (Å²) >= 11 is 0. The van der Waals surface area contributed by atoms with Crippen LogP contribution in [0, 0.1) is 0 Å². The summed E-state index contributed by atoms with van der Waals surface area (Å²) in [7, 11) is 0. The van der Waals surface area contributed by atoms with Crippen molar-refractivity contribution in [3.63, 3.8) is 0 Å². The summed E-state index contributed by atoms with van der Waals surface area (Å²) in [4.78, 5) is 13.5. The maximum atomic E-state index is 13.5. The second-order valence-corrected chi connectivity index (χ2v) is 10.9. The number of hydrogen-bond acceptors (Lipinski definition) is 5. The Morgan fingerprint density at radius 2 is 1.00 bits per heavy atom. The number of esters is 1. The number of tetrazole rings is 1. The second kappa shape index (κ2) is 12.8. The normalized spacial score (nSPS) is 11.2. The van der Waals surface area contributed by atoms with Crippen molar-refractivity contribution in [2.75, 3.05) is 0 Å². The molecule has 6 heteroatoms. The Kier molecular flexibility index (Phi) is 7.99. The Labute approximate surface area is 267 Å². The van der Waals surface area contributed by atoms with Gasteiger partial charge in [0.15, 0.2) is 5.82 Å². The van der Waals surface area contributed by atoms with Gasteiger partial charge in [0.25, 0.3) is 0 Å². The first-order chi connectivity index (χ1) is 22.8. The minimum atomic E-state index is -0.913. The molecule has 0 spiro atoms. The molecule has 0 aliphatic rings. The fourth-order valence-electron chi connectivity index (χ4n) is 6.10. The minimum Gasteiger partial charge on any atom is -0.457 e. The Bertz CT molecular complexity index is 1960. The second-order valence-electron chi connectivity index (χ2n) is 10.9. The summed E-state index contributed by atoms with van der Waals surface area (Å²) in [5, 5.41) is 13.6. The van der Waals surface area contributed by atoms with E-state index in [2.05, 4.69) is 46.7 Å². The minimum absolute atomic E-state index is 0.182. The van der Waals surface area contributed by atoms with Gasteiger partial charge in [-0.15, -0.1) is 5.10 Å². The maximum absolute atomic E-state index is 13.5. The van der Waals surface area contributed by atoms with E-state index in [1.54, 1.807) is 6.07 Å². The van der Waals surface area contributed by atoms with E-state index in [4.69, 9.17) is 9.95 Å². The lowest BCUT2D eigenvalue weighted by Crippen LogP contribution is -2.39. The fourth-order valence-corrected chi connectivity index (χ4v) is 6.10. The number of rotatable bonds is 9. The van der Waals surface area contributed by atoms with Gasteiger partial charge in [-0.3, -0.25) is 0 Å². The summed E-state index contributed by atoms with van der Waals surface area (Å²) in [6, 6.07) is 55.9. The quantitative estimate of drug-likeness (QED) is 0.124. The molecule has 46 heavy (non-hydrogen) atoms. The van der Waals surface area contributed by atoms with E-state index in [1.807, 2.05) is 132 Å². The van der Waals surface area contributed by atoms with Gasteiger partial charge in [-0.1, -0.05) is 164 Å². The predicted molar refractivity (Wildman–Crippen MR) is 179 cm³/mol. The molecule has 222 valence electrons. The highest BCUT2D eigenvalue weighted by atomic mass is 16.5. The van der Waals surface area contributed by atoms with Gasteiger partial charge >= 0.3 is 5.97 Å². The summed E-state index contributed by atoms with van der Waals surface area (Å²) in [5.41, 5.74) is 5.81. The first-order valence-corrected chi connectivity index (χ1v) is 15.1. The molecule has 0 bridgehead atoms. The first kappa shape index (κ1) is 28.6. The van der Waals surface area contributed by atoms with Gasteiger partial charge < -0.3 is 4.74 Å². The summed E-state index contributed by atoms with van der Waals surface area (Å²) in [6.45, 7) is 0.182. The largest absolute Gasteiger partial charge is 0.457 e. The number of benzene rings is 6. The lowest BCUT2D eigenvalue weighted by atomic mass is 9.77. The van der Waals surface area contributed by atoms with E-state index in [0.717, 1.165) is 38.9 Å². The molecule has 0 saturated carbocycles. The van der Waals surface area contributed by atoms with Gasteiger partial charge in [-0.05, 0) is 49.9 Å². The van der Waals surface area contributed by atoms with Crippen molar-refractivity contribution in [3.05, 3.63) is 198 Å². The van der Waals surface area contributed by atoms with Gasteiger partial charge in [0.1, 0.15) is 12.1 Å². The zero-order valence-corrected chi connectivity index (χ0v) is 25.0. The van der Waals surface area contributed by atoms with E-state index in [-0.39, 0.29) is 6.61 Å². The molecule has 0 radical (unpaired) electrons. The molecule has 6 aromatic carbocycles. The molecule has 0 aliphatic carbocycles. The molecule has 1 heterocycles. The molecule has 0 saturated heterocycles. The van der Waals surface area contributed by atoms with E-state index >= 15 is 0 Å². The van der Waals surface area contributed by atoms with Crippen LogP contribution >= 0.6 is 0 Å². The maximum Gasteiger partial charge on any atom is 0.339 e. The van der Waals surface area contributed by atoms with Crippen LogP contribution in [0.15, 0.2) is 170 Å². The highest BCUT2D eigenvalue weighted by Crippen LogP contribution is 2.43. The van der Waals surface area contributed by atoms with Gasteiger partial charge in [0, 0.05) is 5.56 Å². The Balaban J connectivity index is 1.41. The van der Waals surface area contributed by atoms with Crippen molar-refractivity contribution in [3.8, 4) is 22.5 Å². The van der Waals surface area contributed by atoms with Crippen molar-refractivity contribution in [2.45, 2.75) is 12.1 Å². The van der Waals surface area contributed by atoms with Crippen LogP contribution in [-0.4, -0.2) is 26.2 Å². The lowest BCUT2D eigenvalue weighted by molar-refractivity contribution is 0.0473. The van der Waals surface area contributed by atoms with Crippen molar-refractivity contribution in [1.29, 1.82) is 0 Å². The summed E-state index contributed by atoms with van der Waals surface area (Å²) in [6.07, 6.45) is 0. The molecule has 1 aromatic heterocycles. The van der Waals surface area contributed by atoms with Crippen LogP contribution in [0.2, 0.25) is 0 Å². The van der Waals surface area contributed by atoms with Crippen LogP contribution in [0.3, 0.4) is 0 Å². The molecule has 0 unspecified atom stereocenters. The molecule has 7 rings (SSSR count). The molecular formula is C40H30N4O2. The SMILES string of the molecule is O=C(OCc1ccccc1)c1ccccc1-c1ccccc1-c1nnnn1C(c1ccccc1)(c1ccccc1)c1ccccc1. The van der Waals surface area contributed by atoms with Gasteiger partial charge in [0.05, 0.1) is 5.56 Å². The number of nitrogens with zero attached hydrogens (tertiary/aromatic N) is 4. The number of aromatic nitrogens is 4. The van der Waals surface area contributed by atoms with Crippen LogP contribution < -0.4 is 0 Å². The van der Waals surface area contributed by atoms with Crippen molar-refractivity contribution in [1.82, 2.24) is 20.2 Å². The Morgan fingerprint density at radius 1 is 0.543 bits per heavy atom. The molecule has 7 aromatic rings. The van der Waals surface area contributed by atoms with Crippen LogP contribution in [-0.2, 0) is 16.9 Å². The Hall–Kier alpha value is -6.14. The molecule has 0 atom stereocenters. The number of ether oxygens (including phenoxy) is 1. The highest BCUT2D eigenvalue weighted by molar-refractivity contribution is 5.99. The molecule has 0 N–H and O–H groups in total. The monoisotopic (exact) mass is 598 g/mol. The average Bonchev–Trinajstić information content (AvgIpc) is 3.63. The standard InChI is InChI=1S/C40H30N4O2/c45-39(46-29-30-17-5-1-6-18-30)37-28-16-14-26-35(37)34-25-13-15-27-36(34)38-41-42-43-44(38)40(31-19-7-2-8-20-31,32-21-9-3-10-22-32)33-23-11-4-12-24-33/h1-28H,29H2. The van der Waals surface area contributed by atoms with Crippen molar-refractivity contribution in [2.24, 2.45) is 0 Å². The predicted octanol–water partition coefficient (Wildman–Crippen LogP) is 8.20. The average molecular weight is 599 g/mol. The van der Waals surface area contributed by atoms with Crippen LogP contribution in [0.4, 0.5) is 0 Å². The smallest absolute Gasteiger partial charge is 0.339 e. The molecule has 0 aliphatic heterocycles. The van der Waals surface area contributed by atoms with Crippen molar-refractivity contribution < 1.29 is 9.53 Å². The summed E-state index contributed by atoms with van der Waals surface area (Å²) < 4.78 is 7.68. The number of hydrogen-bond donors (Lipinski definition) is 0. The van der Waals surface area contributed by atoms with Crippen LogP contribution in [0.5, 0.6) is 0 Å². The Morgan fingerprint density at radius 3 is 1.57 bits per heavy atom. The highest BCUT2D eigenvalue weighted by Gasteiger charge is 2.42. The van der Waals surface area contributed by atoms with Crippen LogP contribution in [0.25, 0.3) is 22.5 Å². The van der Waals surface area contributed by atoms with E-state index in [0.29, 0.717) is 11.4 Å². The molecule has 6 nitrogen and oxygen atoms in total. The van der Waals surface area contributed by atoms with Gasteiger partial charge in [0.2, 0.25) is 0 Å². The fraction of sp³-hybridized carbons (Fsp3) is 0.0500. The molecule has 0 fully saturated rings. The zero-order chi connectivity index (χ0) is 31.2. The molecular weight excluding hydrogens is 568 g/mol. The van der Waals surface area contributed by atoms with E-state index < -0.39 is 11.5 Å². The number of carbonyl (C=O) groups excluding carboxylic acids is 1. The van der Waals surface area contributed by atoms with Crippen LogP contribution in [0.1, 0.15) is 32.6 Å². The first-order valence-electron chi connectivity index (χ1n) is 15.1. The van der Waals surface area contributed by atoms with Crippen molar-refractivity contribution >= 4 is 5.97 Å². The van der Waals surface area contributed by atoms with Gasteiger partial charge in [-0.2, -0.15) is 0 Å². The third-order valence-electron chi connectivity index (χ3n) is 8.18.